The number of hydrogen-bond donors (Lipinski definition) is 1. The minimum atomic E-state index is 0. The van der Waals surface area contributed by atoms with Crippen molar-refractivity contribution in [3.05, 3.63) is 27.8 Å². The van der Waals surface area contributed by atoms with Gasteiger partial charge in [-0.2, -0.15) is 0 Å². The molecule has 1 aromatic carbocycles. The average molecular weight is 397 g/mol. The minimum Gasteiger partial charge on any atom is -0.484 e. The molecule has 0 spiro atoms. The zero-order valence-electron chi connectivity index (χ0n) is 10.6. The summed E-state index contributed by atoms with van der Waals surface area (Å²) in [5.41, 5.74) is 0. The molecule has 0 atom stereocenters. The van der Waals surface area contributed by atoms with E-state index in [1.54, 1.807) is 0 Å². The van der Waals surface area contributed by atoms with Crippen LogP contribution in [0.3, 0.4) is 0 Å². The molecule has 0 aromatic heterocycles. The molecular weight excluding hydrogens is 379 g/mol. The van der Waals surface area contributed by atoms with Crippen LogP contribution in [0.1, 0.15) is 6.42 Å². The monoisotopic (exact) mass is 396 g/mol. The topological polar surface area (TPSA) is 41.6 Å². The van der Waals surface area contributed by atoms with Crippen molar-refractivity contribution in [2.75, 3.05) is 32.8 Å². The molecule has 1 N–H and O–H groups in total. The quantitative estimate of drug-likeness (QED) is 0.794. The first-order valence-corrected chi connectivity index (χ1v) is 7.20. The van der Waals surface area contributed by atoms with E-state index in [9.17, 15) is 4.79 Å². The fourth-order valence-corrected chi connectivity index (χ4v) is 2.40. The van der Waals surface area contributed by atoms with Crippen LogP contribution in [0.2, 0.25) is 0 Å². The van der Waals surface area contributed by atoms with Gasteiger partial charge in [-0.25, -0.2) is 0 Å². The van der Waals surface area contributed by atoms with E-state index < -0.39 is 0 Å². The molecule has 19 heavy (non-hydrogen) atoms. The van der Waals surface area contributed by atoms with Crippen molar-refractivity contribution in [1.82, 2.24) is 10.2 Å². The maximum absolute atomic E-state index is 12.0. The fraction of sp³-hybridized carbons (Fsp3) is 0.462. The molecule has 1 aliphatic heterocycles. The fourth-order valence-electron chi connectivity index (χ4n) is 1.89. The van der Waals surface area contributed by atoms with Crippen molar-refractivity contribution in [2.45, 2.75) is 6.42 Å². The normalized spacial score (nSPS) is 15.3. The number of halogens is 2. The average Bonchev–Trinajstić information content (AvgIpc) is 2.65. The van der Waals surface area contributed by atoms with Crippen LogP contribution in [-0.2, 0) is 4.79 Å². The predicted octanol–water partition coefficient (Wildman–Crippen LogP) is 1.91. The molecule has 4 nitrogen and oxygen atoms in total. The predicted molar refractivity (Wildman–Crippen MR) is 86.0 cm³/mol. The molecule has 0 aliphatic carbocycles. The SMILES string of the molecule is Cl.O=C(COc1cccc(I)c1)N1CCCNCC1. The number of ether oxygens (including phenoxy) is 1. The summed E-state index contributed by atoms with van der Waals surface area (Å²) in [6.45, 7) is 3.58. The van der Waals surface area contributed by atoms with Gasteiger partial charge in [-0.15, -0.1) is 12.4 Å². The van der Waals surface area contributed by atoms with Gasteiger partial charge in [-0.1, -0.05) is 6.07 Å². The molecule has 1 fully saturated rings. The van der Waals surface area contributed by atoms with Gasteiger partial charge in [0, 0.05) is 23.2 Å². The summed E-state index contributed by atoms with van der Waals surface area (Å²) in [7, 11) is 0. The van der Waals surface area contributed by atoms with E-state index in [0.29, 0.717) is 0 Å². The molecule has 1 saturated heterocycles. The van der Waals surface area contributed by atoms with Crippen molar-refractivity contribution < 1.29 is 9.53 Å². The number of rotatable bonds is 3. The maximum Gasteiger partial charge on any atom is 0.260 e. The van der Waals surface area contributed by atoms with Crippen LogP contribution in [-0.4, -0.2) is 43.6 Å². The van der Waals surface area contributed by atoms with E-state index in [-0.39, 0.29) is 24.9 Å². The molecule has 1 amide bonds. The van der Waals surface area contributed by atoms with Crippen molar-refractivity contribution in [2.24, 2.45) is 0 Å². The third-order valence-electron chi connectivity index (χ3n) is 2.85. The Balaban J connectivity index is 0.00000180. The number of carbonyl (C=O) groups is 1. The van der Waals surface area contributed by atoms with E-state index in [2.05, 4.69) is 27.9 Å². The van der Waals surface area contributed by atoms with Gasteiger partial charge in [-0.3, -0.25) is 4.79 Å². The molecule has 106 valence electrons. The first-order valence-electron chi connectivity index (χ1n) is 6.12. The third kappa shape index (κ3) is 5.54. The lowest BCUT2D eigenvalue weighted by Gasteiger charge is -2.20. The Morgan fingerprint density at radius 2 is 2.21 bits per heavy atom. The molecule has 0 bridgehead atoms. The van der Waals surface area contributed by atoms with Crippen molar-refractivity contribution >= 4 is 40.9 Å². The second kappa shape index (κ2) is 8.60. The van der Waals surface area contributed by atoms with E-state index in [0.717, 1.165) is 41.9 Å². The highest BCUT2D eigenvalue weighted by atomic mass is 127. The van der Waals surface area contributed by atoms with Crippen LogP contribution < -0.4 is 10.1 Å². The number of amides is 1. The second-order valence-corrected chi connectivity index (χ2v) is 5.48. The highest BCUT2D eigenvalue weighted by Gasteiger charge is 2.15. The lowest BCUT2D eigenvalue weighted by molar-refractivity contribution is -0.133. The van der Waals surface area contributed by atoms with E-state index >= 15 is 0 Å². The summed E-state index contributed by atoms with van der Waals surface area (Å²) in [5, 5.41) is 3.28. The molecule has 2 rings (SSSR count). The van der Waals surface area contributed by atoms with Crippen molar-refractivity contribution in [3.63, 3.8) is 0 Å². The molecule has 0 unspecified atom stereocenters. The third-order valence-corrected chi connectivity index (χ3v) is 3.52. The summed E-state index contributed by atoms with van der Waals surface area (Å²) >= 11 is 2.23. The molecular formula is C13H18ClIN2O2. The maximum atomic E-state index is 12.0. The number of carbonyl (C=O) groups excluding carboxylic acids is 1. The Hall–Kier alpha value is -0.530. The van der Waals surface area contributed by atoms with Crippen LogP contribution >= 0.6 is 35.0 Å². The van der Waals surface area contributed by atoms with E-state index in [1.807, 2.05) is 29.2 Å². The van der Waals surface area contributed by atoms with Crippen LogP contribution in [0, 0.1) is 3.57 Å². The van der Waals surface area contributed by atoms with Gasteiger partial charge in [0.25, 0.3) is 5.91 Å². The summed E-state index contributed by atoms with van der Waals surface area (Å²) < 4.78 is 6.63. The summed E-state index contributed by atoms with van der Waals surface area (Å²) in [6.07, 6.45) is 1.01. The summed E-state index contributed by atoms with van der Waals surface area (Å²) in [4.78, 5) is 13.8. The van der Waals surface area contributed by atoms with Gasteiger partial charge in [0.1, 0.15) is 5.75 Å². The Bertz CT molecular complexity index is 409. The van der Waals surface area contributed by atoms with Crippen LogP contribution in [0.15, 0.2) is 24.3 Å². The Morgan fingerprint density at radius 1 is 1.37 bits per heavy atom. The van der Waals surface area contributed by atoms with Crippen LogP contribution in [0.25, 0.3) is 0 Å². The number of benzene rings is 1. The lowest BCUT2D eigenvalue weighted by atomic mass is 10.3. The van der Waals surface area contributed by atoms with E-state index in [4.69, 9.17) is 4.74 Å². The second-order valence-electron chi connectivity index (χ2n) is 4.23. The number of nitrogens with zero attached hydrogens (tertiary/aromatic N) is 1. The lowest BCUT2D eigenvalue weighted by Crippen LogP contribution is -2.37. The molecule has 1 heterocycles. The van der Waals surface area contributed by atoms with Crippen molar-refractivity contribution in [3.8, 4) is 5.75 Å². The summed E-state index contributed by atoms with van der Waals surface area (Å²) in [5.74, 6) is 0.820. The highest BCUT2D eigenvalue weighted by Crippen LogP contribution is 2.14. The molecule has 0 radical (unpaired) electrons. The van der Waals surface area contributed by atoms with Gasteiger partial charge in [0.2, 0.25) is 0 Å². The Kier molecular flexibility index (Phi) is 7.48. The number of hydrogen-bond acceptors (Lipinski definition) is 3. The van der Waals surface area contributed by atoms with E-state index in [1.165, 1.54) is 0 Å². The Morgan fingerprint density at radius 3 is 3.00 bits per heavy atom. The first kappa shape index (κ1) is 16.5. The molecule has 0 saturated carbocycles. The minimum absolute atomic E-state index is 0. The van der Waals surface area contributed by atoms with Gasteiger partial charge in [0.15, 0.2) is 6.61 Å². The smallest absolute Gasteiger partial charge is 0.260 e. The largest absolute Gasteiger partial charge is 0.484 e. The van der Waals surface area contributed by atoms with Gasteiger partial charge >= 0.3 is 0 Å². The number of nitrogens with one attached hydrogen (secondary N) is 1. The molecule has 1 aromatic rings. The zero-order valence-corrected chi connectivity index (χ0v) is 13.6. The summed E-state index contributed by atoms with van der Waals surface area (Å²) in [6, 6.07) is 7.73. The molecule has 1 aliphatic rings. The standard InChI is InChI=1S/C13H17IN2O2.ClH/c14-11-3-1-4-12(9-11)18-10-13(17)16-7-2-5-15-6-8-16;/h1,3-4,9,15H,2,5-8,10H2;1H. The van der Waals surface area contributed by atoms with Crippen LogP contribution in [0.5, 0.6) is 5.75 Å². The zero-order chi connectivity index (χ0) is 12.8. The first-order chi connectivity index (χ1) is 8.75. The Labute approximate surface area is 133 Å². The van der Waals surface area contributed by atoms with Gasteiger partial charge in [0.05, 0.1) is 0 Å². The van der Waals surface area contributed by atoms with Crippen molar-refractivity contribution in [1.29, 1.82) is 0 Å². The molecule has 6 heteroatoms. The highest BCUT2D eigenvalue weighted by molar-refractivity contribution is 14.1. The van der Waals surface area contributed by atoms with Crippen LogP contribution in [0.4, 0.5) is 0 Å². The van der Waals surface area contributed by atoms with Gasteiger partial charge < -0.3 is 15.0 Å². The van der Waals surface area contributed by atoms with Gasteiger partial charge in [-0.05, 0) is 53.8 Å².